The molecule has 0 bridgehead atoms. The van der Waals surface area contributed by atoms with Crippen molar-refractivity contribution < 1.29 is 24.2 Å². The molecule has 5 heteroatoms. The molecule has 0 aromatic heterocycles. The molecule has 0 saturated carbocycles. The average Bonchev–Trinajstić information content (AvgIpc) is 2.16. The molecular weight excluding hydrogens is 212 g/mol. The van der Waals surface area contributed by atoms with E-state index in [2.05, 4.69) is 0 Å². The molecule has 0 rings (SSSR count). The molecule has 5 nitrogen and oxygen atoms in total. The molecule has 0 aliphatic heterocycles. The third-order valence-electron chi connectivity index (χ3n) is 1.55. The van der Waals surface area contributed by atoms with Gasteiger partial charge in [-0.15, -0.1) is 0 Å². The quantitative estimate of drug-likeness (QED) is 0.390. The van der Waals surface area contributed by atoms with Crippen LogP contribution in [0.25, 0.3) is 0 Å². The topological polar surface area (TPSA) is 72.8 Å². The van der Waals surface area contributed by atoms with Gasteiger partial charge in [0, 0.05) is 12.8 Å². The van der Waals surface area contributed by atoms with E-state index in [1.165, 1.54) is 0 Å². The minimum atomic E-state index is -0.903. The largest absolute Gasteiger partial charge is 0.498 e. The summed E-state index contributed by atoms with van der Waals surface area (Å²) in [5, 5.41) is 8.35. The number of hydrogen-bond acceptors (Lipinski definition) is 4. The predicted octanol–water partition coefficient (Wildman–Crippen LogP) is 1.72. The van der Waals surface area contributed by atoms with Crippen molar-refractivity contribution in [1.82, 2.24) is 0 Å². The molecule has 0 fully saturated rings. The van der Waals surface area contributed by atoms with Gasteiger partial charge in [-0.1, -0.05) is 0 Å². The summed E-state index contributed by atoms with van der Waals surface area (Å²) < 4.78 is 9.87. The van der Waals surface area contributed by atoms with Crippen LogP contribution in [0.1, 0.15) is 33.1 Å². The van der Waals surface area contributed by atoms with E-state index in [0.29, 0.717) is 13.0 Å². The highest BCUT2D eigenvalue weighted by atomic mass is 16.6. The Morgan fingerprint density at radius 1 is 1.19 bits per heavy atom. The number of ether oxygens (including phenoxy) is 2. The van der Waals surface area contributed by atoms with Crippen LogP contribution in [0.3, 0.4) is 0 Å². The first kappa shape index (κ1) is 14.5. The molecule has 1 N–H and O–H groups in total. The monoisotopic (exact) mass is 230 g/mol. The maximum absolute atomic E-state index is 11.0. The van der Waals surface area contributed by atoms with Crippen LogP contribution in [0, 0.1) is 0 Å². The van der Waals surface area contributed by atoms with E-state index in [9.17, 15) is 9.59 Å². The number of carboxylic acid groups (broad SMARTS) is 1. The van der Waals surface area contributed by atoms with Crippen LogP contribution in [0.5, 0.6) is 0 Å². The molecule has 16 heavy (non-hydrogen) atoms. The highest BCUT2D eigenvalue weighted by Gasteiger charge is 2.04. The van der Waals surface area contributed by atoms with Gasteiger partial charge in [-0.3, -0.25) is 9.59 Å². The summed E-state index contributed by atoms with van der Waals surface area (Å²) in [7, 11) is 0. The van der Waals surface area contributed by atoms with Gasteiger partial charge in [-0.05, 0) is 25.8 Å². The lowest BCUT2D eigenvalue weighted by Crippen LogP contribution is -2.09. The summed E-state index contributed by atoms with van der Waals surface area (Å²) in [5.41, 5.74) is 1.03. The maximum Gasteiger partial charge on any atom is 0.305 e. The lowest BCUT2D eigenvalue weighted by Gasteiger charge is -2.04. The van der Waals surface area contributed by atoms with Gasteiger partial charge in [0.2, 0.25) is 0 Å². The van der Waals surface area contributed by atoms with Crippen molar-refractivity contribution in [3.05, 3.63) is 11.8 Å². The van der Waals surface area contributed by atoms with Crippen LogP contribution in [0.4, 0.5) is 0 Å². The zero-order chi connectivity index (χ0) is 12.4. The van der Waals surface area contributed by atoms with Crippen LogP contribution in [-0.2, 0) is 19.1 Å². The number of carboxylic acids is 1. The van der Waals surface area contributed by atoms with E-state index < -0.39 is 5.97 Å². The molecule has 0 atom stereocenters. The molecule has 0 amide bonds. The Bertz CT molecular complexity index is 253. The van der Waals surface area contributed by atoms with Gasteiger partial charge in [0.25, 0.3) is 0 Å². The molecule has 0 aromatic carbocycles. The van der Waals surface area contributed by atoms with Crippen molar-refractivity contribution in [3.63, 3.8) is 0 Å². The van der Waals surface area contributed by atoms with Crippen molar-refractivity contribution in [2.45, 2.75) is 33.1 Å². The molecule has 0 aliphatic carbocycles. The van der Waals surface area contributed by atoms with Crippen LogP contribution in [0.15, 0.2) is 11.8 Å². The Morgan fingerprint density at radius 3 is 2.44 bits per heavy atom. The third-order valence-corrected chi connectivity index (χ3v) is 1.55. The van der Waals surface area contributed by atoms with Crippen molar-refractivity contribution >= 4 is 11.9 Å². The summed E-state index contributed by atoms with van der Waals surface area (Å²) in [6.45, 7) is 4.31. The van der Waals surface area contributed by atoms with Crippen molar-refractivity contribution in [3.8, 4) is 0 Å². The molecule has 0 spiro atoms. The number of carbonyl (C=O) groups is 2. The number of rotatable bonds is 8. The number of carbonyl (C=O) groups excluding carboxylic acids is 1. The first-order valence-electron chi connectivity index (χ1n) is 5.14. The second-order valence-electron chi connectivity index (χ2n) is 3.53. The molecule has 0 saturated heterocycles. The van der Waals surface area contributed by atoms with Gasteiger partial charge >= 0.3 is 11.9 Å². The minimum Gasteiger partial charge on any atom is -0.498 e. The SMILES string of the molecule is CC(C)=COCCOC(=O)CCCC(=O)O. The maximum atomic E-state index is 11.0. The van der Waals surface area contributed by atoms with Crippen LogP contribution < -0.4 is 0 Å². The first-order chi connectivity index (χ1) is 7.52. The van der Waals surface area contributed by atoms with Gasteiger partial charge in [-0.2, -0.15) is 0 Å². The molecule has 0 heterocycles. The summed E-state index contributed by atoms with van der Waals surface area (Å²) in [4.78, 5) is 21.2. The van der Waals surface area contributed by atoms with E-state index in [4.69, 9.17) is 14.6 Å². The van der Waals surface area contributed by atoms with Crippen molar-refractivity contribution in [2.24, 2.45) is 0 Å². The highest BCUT2D eigenvalue weighted by Crippen LogP contribution is 1.98. The van der Waals surface area contributed by atoms with Crippen LogP contribution >= 0.6 is 0 Å². The molecule has 0 unspecified atom stereocenters. The summed E-state index contributed by atoms with van der Waals surface area (Å²) >= 11 is 0. The van der Waals surface area contributed by atoms with Gasteiger partial charge in [0.15, 0.2) is 0 Å². The zero-order valence-corrected chi connectivity index (χ0v) is 9.69. The van der Waals surface area contributed by atoms with E-state index in [1.54, 1.807) is 6.26 Å². The lowest BCUT2D eigenvalue weighted by molar-refractivity contribution is -0.145. The molecule has 0 radical (unpaired) electrons. The summed E-state index contributed by atoms with van der Waals surface area (Å²) in [5.74, 6) is -1.29. The number of hydrogen-bond donors (Lipinski definition) is 1. The summed E-state index contributed by atoms with van der Waals surface area (Å²) in [6.07, 6.45) is 2.03. The first-order valence-corrected chi connectivity index (χ1v) is 5.14. The van der Waals surface area contributed by atoms with E-state index in [-0.39, 0.29) is 25.4 Å². The van der Waals surface area contributed by atoms with Crippen molar-refractivity contribution in [1.29, 1.82) is 0 Å². The Kier molecular flexibility index (Phi) is 7.93. The predicted molar refractivity (Wildman–Crippen MR) is 57.8 cm³/mol. The average molecular weight is 230 g/mol. The third kappa shape index (κ3) is 10.6. The van der Waals surface area contributed by atoms with Crippen LogP contribution in [-0.4, -0.2) is 30.3 Å². The van der Waals surface area contributed by atoms with E-state index >= 15 is 0 Å². The lowest BCUT2D eigenvalue weighted by atomic mass is 10.2. The fraction of sp³-hybridized carbons (Fsp3) is 0.636. The zero-order valence-electron chi connectivity index (χ0n) is 9.69. The Morgan fingerprint density at radius 2 is 1.88 bits per heavy atom. The van der Waals surface area contributed by atoms with Gasteiger partial charge in [0.05, 0.1) is 6.26 Å². The molecular formula is C11H18O5. The normalized spacial score (nSPS) is 9.38. The van der Waals surface area contributed by atoms with Gasteiger partial charge < -0.3 is 14.6 Å². The highest BCUT2D eigenvalue weighted by molar-refractivity contribution is 5.71. The minimum absolute atomic E-state index is 0.0105. The Balaban J connectivity index is 3.37. The fourth-order valence-electron chi connectivity index (χ4n) is 0.885. The van der Waals surface area contributed by atoms with Gasteiger partial charge in [0.1, 0.15) is 13.2 Å². The van der Waals surface area contributed by atoms with Gasteiger partial charge in [-0.25, -0.2) is 0 Å². The molecule has 0 aliphatic rings. The smallest absolute Gasteiger partial charge is 0.305 e. The second kappa shape index (κ2) is 8.76. The number of esters is 1. The Hall–Kier alpha value is -1.52. The fourth-order valence-corrected chi connectivity index (χ4v) is 0.885. The molecule has 92 valence electrons. The summed E-state index contributed by atoms with van der Waals surface area (Å²) in [6, 6.07) is 0. The van der Waals surface area contributed by atoms with Crippen molar-refractivity contribution in [2.75, 3.05) is 13.2 Å². The van der Waals surface area contributed by atoms with Crippen LogP contribution in [0.2, 0.25) is 0 Å². The number of allylic oxidation sites excluding steroid dienone is 1. The van der Waals surface area contributed by atoms with E-state index in [0.717, 1.165) is 5.57 Å². The molecule has 0 aromatic rings. The Labute approximate surface area is 95.0 Å². The number of aliphatic carboxylic acids is 1. The standard InChI is InChI=1S/C11H18O5/c1-9(2)8-15-6-7-16-11(14)5-3-4-10(12)13/h8H,3-7H2,1-2H3,(H,12,13). The second-order valence-corrected chi connectivity index (χ2v) is 3.53. The van der Waals surface area contributed by atoms with E-state index in [1.807, 2.05) is 13.8 Å².